The predicted molar refractivity (Wildman–Crippen MR) is 86.6 cm³/mol. The topological polar surface area (TPSA) is 33.7 Å². The second kappa shape index (κ2) is 7.40. The van der Waals surface area contributed by atoms with Crippen LogP contribution in [0.25, 0.3) is 0 Å². The first-order valence-corrected chi connectivity index (χ1v) is 8.61. The molecule has 0 aromatic rings. The molecule has 4 atom stereocenters. The summed E-state index contributed by atoms with van der Waals surface area (Å²) in [5.74, 6) is 1.38. The van der Waals surface area contributed by atoms with Crippen molar-refractivity contribution in [1.82, 2.24) is 10.2 Å². The standard InChI is InChI=1S/C17H34N2O2/c1-6-14(4)15-10-19(16(9-18-15)13(2)3)11-17(20-5)7-8-21-12-17/h13-16,18H,6-12H2,1-5H3. The Morgan fingerprint density at radius 1 is 1.38 bits per heavy atom. The molecule has 0 spiro atoms. The normalized spacial score (nSPS) is 36.3. The molecule has 0 radical (unpaired) electrons. The van der Waals surface area contributed by atoms with Crippen molar-refractivity contribution in [2.45, 2.75) is 58.2 Å². The van der Waals surface area contributed by atoms with Gasteiger partial charge in [0.05, 0.1) is 6.61 Å². The molecule has 0 amide bonds. The van der Waals surface area contributed by atoms with Gasteiger partial charge in [0.25, 0.3) is 0 Å². The molecule has 2 saturated heterocycles. The van der Waals surface area contributed by atoms with Gasteiger partial charge < -0.3 is 14.8 Å². The van der Waals surface area contributed by atoms with E-state index >= 15 is 0 Å². The molecule has 0 bridgehead atoms. The first-order valence-electron chi connectivity index (χ1n) is 8.61. The molecule has 4 heteroatoms. The zero-order valence-electron chi connectivity index (χ0n) is 14.5. The van der Waals surface area contributed by atoms with Gasteiger partial charge in [-0.15, -0.1) is 0 Å². The van der Waals surface area contributed by atoms with Crippen molar-refractivity contribution in [3.8, 4) is 0 Å². The monoisotopic (exact) mass is 298 g/mol. The molecule has 2 fully saturated rings. The minimum absolute atomic E-state index is 0.0928. The third kappa shape index (κ3) is 3.98. The molecule has 0 saturated carbocycles. The molecule has 4 nitrogen and oxygen atoms in total. The lowest BCUT2D eigenvalue weighted by Crippen LogP contribution is -2.63. The van der Waals surface area contributed by atoms with E-state index in [9.17, 15) is 0 Å². The lowest BCUT2D eigenvalue weighted by atomic mass is 9.90. The number of hydrogen-bond donors (Lipinski definition) is 1. The Balaban J connectivity index is 2.06. The van der Waals surface area contributed by atoms with Gasteiger partial charge in [0.15, 0.2) is 0 Å². The number of hydrogen-bond acceptors (Lipinski definition) is 4. The van der Waals surface area contributed by atoms with Crippen LogP contribution in [0.4, 0.5) is 0 Å². The van der Waals surface area contributed by atoms with Crippen molar-refractivity contribution in [1.29, 1.82) is 0 Å². The van der Waals surface area contributed by atoms with Crippen LogP contribution in [0.1, 0.15) is 40.5 Å². The first kappa shape index (κ1) is 17.2. The zero-order valence-corrected chi connectivity index (χ0v) is 14.5. The largest absolute Gasteiger partial charge is 0.378 e. The molecular formula is C17H34N2O2. The molecule has 4 unspecified atom stereocenters. The Hall–Kier alpha value is -0.160. The maximum Gasteiger partial charge on any atom is 0.106 e. The molecule has 2 heterocycles. The van der Waals surface area contributed by atoms with E-state index in [1.807, 2.05) is 7.11 Å². The number of nitrogens with zero attached hydrogens (tertiary/aromatic N) is 1. The Morgan fingerprint density at radius 2 is 2.14 bits per heavy atom. The highest BCUT2D eigenvalue weighted by Gasteiger charge is 2.41. The molecular weight excluding hydrogens is 264 g/mol. The fraction of sp³-hybridized carbons (Fsp3) is 1.00. The van der Waals surface area contributed by atoms with E-state index in [2.05, 4.69) is 37.9 Å². The van der Waals surface area contributed by atoms with Gasteiger partial charge in [-0.2, -0.15) is 0 Å². The van der Waals surface area contributed by atoms with Crippen molar-refractivity contribution in [2.75, 3.05) is 40.0 Å². The fourth-order valence-corrected chi connectivity index (χ4v) is 3.67. The number of methoxy groups -OCH3 is 1. The SMILES string of the molecule is CCC(C)C1CN(CC2(OC)CCOC2)C(C(C)C)CN1. The third-order valence-corrected chi connectivity index (χ3v) is 5.58. The highest BCUT2D eigenvalue weighted by Crippen LogP contribution is 2.28. The van der Waals surface area contributed by atoms with Crippen LogP contribution >= 0.6 is 0 Å². The molecule has 1 N–H and O–H groups in total. The maximum atomic E-state index is 5.86. The van der Waals surface area contributed by atoms with Crippen molar-refractivity contribution in [3.05, 3.63) is 0 Å². The second-order valence-electron chi connectivity index (χ2n) is 7.33. The summed E-state index contributed by atoms with van der Waals surface area (Å²) in [6.45, 7) is 14.1. The molecule has 2 aliphatic rings. The quantitative estimate of drug-likeness (QED) is 0.814. The van der Waals surface area contributed by atoms with Crippen LogP contribution in [0.5, 0.6) is 0 Å². The number of nitrogens with one attached hydrogen (secondary N) is 1. The van der Waals surface area contributed by atoms with Crippen LogP contribution in [0.15, 0.2) is 0 Å². The van der Waals surface area contributed by atoms with Crippen LogP contribution in [0, 0.1) is 11.8 Å². The van der Waals surface area contributed by atoms with Crippen molar-refractivity contribution in [3.63, 3.8) is 0 Å². The Bertz CT molecular complexity index is 316. The molecule has 2 aliphatic heterocycles. The molecule has 0 aromatic carbocycles. The lowest BCUT2D eigenvalue weighted by molar-refractivity contribution is -0.0617. The van der Waals surface area contributed by atoms with Crippen molar-refractivity contribution >= 4 is 0 Å². The minimum atomic E-state index is -0.0928. The van der Waals surface area contributed by atoms with Gasteiger partial charge in [0, 0.05) is 51.9 Å². The van der Waals surface area contributed by atoms with Gasteiger partial charge in [-0.05, 0) is 11.8 Å². The fourth-order valence-electron chi connectivity index (χ4n) is 3.67. The first-order chi connectivity index (χ1) is 10.0. The second-order valence-corrected chi connectivity index (χ2v) is 7.33. The van der Waals surface area contributed by atoms with E-state index in [0.717, 1.165) is 45.2 Å². The van der Waals surface area contributed by atoms with Crippen LogP contribution in [-0.2, 0) is 9.47 Å². The Morgan fingerprint density at radius 3 is 2.67 bits per heavy atom. The van der Waals surface area contributed by atoms with Crippen LogP contribution in [0.3, 0.4) is 0 Å². The van der Waals surface area contributed by atoms with Crippen LogP contribution < -0.4 is 5.32 Å². The minimum Gasteiger partial charge on any atom is -0.378 e. The lowest BCUT2D eigenvalue weighted by Gasteiger charge is -2.46. The molecule has 21 heavy (non-hydrogen) atoms. The zero-order chi connectivity index (χ0) is 15.5. The average Bonchev–Trinajstić information content (AvgIpc) is 2.95. The molecule has 2 rings (SSSR count). The van der Waals surface area contributed by atoms with Gasteiger partial charge in [-0.1, -0.05) is 34.1 Å². The van der Waals surface area contributed by atoms with Crippen molar-refractivity contribution in [2.24, 2.45) is 11.8 Å². The van der Waals surface area contributed by atoms with E-state index in [4.69, 9.17) is 9.47 Å². The van der Waals surface area contributed by atoms with E-state index in [1.54, 1.807) is 0 Å². The predicted octanol–water partition coefficient (Wildman–Crippen LogP) is 2.14. The Labute approximate surface area is 130 Å². The summed E-state index contributed by atoms with van der Waals surface area (Å²) in [7, 11) is 1.84. The van der Waals surface area contributed by atoms with E-state index < -0.39 is 0 Å². The van der Waals surface area contributed by atoms with Gasteiger partial charge >= 0.3 is 0 Å². The third-order valence-electron chi connectivity index (χ3n) is 5.58. The van der Waals surface area contributed by atoms with Crippen LogP contribution in [-0.4, -0.2) is 62.5 Å². The van der Waals surface area contributed by atoms with Crippen LogP contribution in [0.2, 0.25) is 0 Å². The Kier molecular flexibility index (Phi) is 6.06. The van der Waals surface area contributed by atoms with Gasteiger partial charge in [-0.3, -0.25) is 4.90 Å². The van der Waals surface area contributed by atoms with Crippen molar-refractivity contribution < 1.29 is 9.47 Å². The van der Waals surface area contributed by atoms with E-state index in [1.165, 1.54) is 6.42 Å². The number of rotatable bonds is 6. The number of piperazine rings is 1. The highest BCUT2D eigenvalue weighted by molar-refractivity contribution is 4.95. The molecule has 0 aromatic heterocycles. The summed E-state index contributed by atoms with van der Waals surface area (Å²) >= 11 is 0. The van der Waals surface area contributed by atoms with Gasteiger partial charge in [0.1, 0.15) is 5.60 Å². The van der Waals surface area contributed by atoms with E-state index in [0.29, 0.717) is 18.0 Å². The summed E-state index contributed by atoms with van der Waals surface area (Å²) in [6, 6.07) is 1.19. The summed E-state index contributed by atoms with van der Waals surface area (Å²) in [6.07, 6.45) is 2.25. The molecule has 124 valence electrons. The average molecular weight is 298 g/mol. The smallest absolute Gasteiger partial charge is 0.106 e. The number of ether oxygens (including phenoxy) is 2. The maximum absolute atomic E-state index is 5.86. The summed E-state index contributed by atoms with van der Waals surface area (Å²) in [4.78, 5) is 2.66. The summed E-state index contributed by atoms with van der Waals surface area (Å²) in [5.41, 5.74) is -0.0928. The highest BCUT2D eigenvalue weighted by atomic mass is 16.5. The van der Waals surface area contributed by atoms with E-state index in [-0.39, 0.29) is 5.60 Å². The van der Waals surface area contributed by atoms with Gasteiger partial charge in [0.2, 0.25) is 0 Å². The van der Waals surface area contributed by atoms with Gasteiger partial charge in [-0.25, -0.2) is 0 Å². The summed E-state index contributed by atoms with van der Waals surface area (Å²) < 4.78 is 11.5. The molecule has 0 aliphatic carbocycles. The summed E-state index contributed by atoms with van der Waals surface area (Å²) in [5, 5.41) is 3.77.